The molecule has 96 valence electrons. The molecule has 0 amide bonds. The maximum Gasteiger partial charge on any atom is 0.151 e. The van der Waals surface area contributed by atoms with Gasteiger partial charge in [-0.15, -0.1) is 0 Å². The van der Waals surface area contributed by atoms with Crippen LogP contribution in [0.1, 0.15) is 31.1 Å². The van der Waals surface area contributed by atoms with E-state index in [2.05, 4.69) is 23.9 Å². The molecule has 0 aliphatic rings. The van der Waals surface area contributed by atoms with Crippen LogP contribution in [-0.4, -0.2) is 14.8 Å². The van der Waals surface area contributed by atoms with Gasteiger partial charge in [0, 0.05) is 25.6 Å². The molecule has 1 aromatic heterocycles. The quantitative estimate of drug-likeness (QED) is 0.839. The highest BCUT2D eigenvalue weighted by Crippen LogP contribution is 2.15. The molecule has 0 aliphatic heterocycles. The molecule has 0 spiro atoms. The van der Waals surface area contributed by atoms with E-state index >= 15 is 0 Å². The van der Waals surface area contributed by atoms with Crippen molar-refractivity contribution in [1.82, 2.24) is 14.8 Å². The van der Waals surface area contributed by atoms with Gasteiger partial charge in [-0.3, -0.25) is 4.68 Å². The SMILES string of the molecule is CC(C)Cc1nc(Cc2ccccc2N)n(C)n1. The zero-order chi connectivity index (χ0) is 13.1. The Morgan fingerprint density at radius 2 is 2.00 bits per heavy atom. The van der Waals surface area contributed by atoms with E-state index in [4.69, 9.17) is 5.73 Å². The van der Waals surface area contributed by atoms with Gasteiger partial charge in [0.15, 0.2) is 5.82 Å². The van der Waals surface area contributed by atoms with Gasteiger partial charge in [-0.25, -0.2) is 4.98 Å². The molecule has 1 heterocycles. The van der Waals surface area contributed by atoms with Gasteiger partial charge in [0.1, 0.15) is 5.82 Å². The van der Waals surface area contributed by atoms with Crippen molar-refractivity contribution < 1.29 is 0 Å². The number of aryl methyl sites for hydroxylation is 1. The Hall–Kier alpha value is -1.84. The van der Waals surface area contributed by atoms with Crippen LogP contribution in [0.5, 0.6) is 0 Å². The lowest BCUT2D eigenvalue weighted by atomic mass is 10.1. The minimum atomic E-state index is 0.571. The van der Waals surface area contributed by atoms with E-state index in [1.54, 1.807) is 0 Å². The summed E-state index contributed by atoms with van der Waals surface area (Å²) >= 11 is 0. The number of benzene rings is 1. The van der Waals surface area contributed by atoms with Crippen molar-refractivity contribution in [2.45, 2.75) is 26.7 Å². The summed E-state index contributed by atoms with van der Waals surface area (Å²) in [6.45, 7) is 4.34. The van der Waals surface area contributed by atoms with Crippen LogP contribution in [0.15, 0.2) is 24.3 Å². The molecule has 4 nitrogen and oxygen atoms in total. The van der Waals surface area contributed by atoms with E-state index in [0.717, 1.165) is 35.7 Å². The fourth-order valence-corrected chi connectivity index (χ4v) is 1.95. The van der Waals surface area contributed by atoms with Crippen LogP contribution in [0.2, 0.25) is 0 Å². The molecule has 0 fully saturated rings. The molecule has 0 atom stereocenters. The van der Waals surface area contributed by atoms with Crippen molar-refractivity contribution in [3.8, 4) is 0 Å². The molecule has 1 aromatic carbocycles. The summed E-state index contributed by atoms with van der Waals surface area (Å²) in [5, 5.41) is 4.44. The molecule has 2 N–H and O–H groups in total. The van der Waals surface area contributed by atoms with Crippen LogP contribution in [0.3, 0.4) is 0 Å². The molecule has 0 bridgehead atoms. The van der Waals surface area contributed by atoms with Gasteiger partial charge >= 0.3 is 0 Å². The van der Waals surface area contributed by atoms with Crippen LogP contribution < -0.4 is 5.73 Å². The number of nitrogen functional groups attached to an aromatic ring is 1. The largest absolute Gasteiger partial charge is 0.398 e. The lowest BCUT2D eigenvalue weighted by Gasteiger charge is -2.03. The first kappa shape index (κ1) is 12.6. The van der Waals surface area contributed by atoms with Crippen LogP contribution in [-0.2, 0) is 19.9 Å². The molecule has 0 unspecified atom stereocenters. The number of para-hydroxylation sites is 1. The summed E-state index contributed by atoms with van der Waals surface area (Å²) < 4.78 is 1.85. The number of rotatable bonds is 4. The number of aromatic nitrogens is 3. The number of hydrogen-bond donors (Lipinski definition) is 1. The van der Waals surface area contributed by atoms with Gasteiger partial charge in [0.05, 0.1) is 0 Å². The second kappa shape index (κ2) is 5.21. The standard InChI is InChI=1S/C14H20N4/c1-10(2)8-13-16-14(18(3)17-13)9-11-6-4-5-7-12(11)15/h4-7,10H,8-9,15H2,1-3H3. The van der Waals surface area contributed by atoms with E-state index in [9.17, 15) is 0 Å². The van der Waals surface area contributed by atoms with Crippen LogP contribution in [0.4, 0.5) is 5.69 Å². The summed E-state index contributed by atoms with van der Waals surface area (Å²) in [7, 11) is 1.94. The molecule has 2 rings (SSSR count). The van der Waals surface area contributed by atoms with E-state index in [1.165, 1.54) is 0 Å². The average Bonchev–Trinajstić information content (AvgIpc) is 2.61. The summed E-state index contributed by atoms with van der Waals surface area (Å²) in [4.78, 5) is 4.58. The van der Waals surface area contributed by atoms with Crippen molar-refractivity contribution in [2.24, 2.45) is 13.0 Å². The first-order valence-electron chi connectivity index (χ1n) is 6.28. The van der Waals surface area contributed by atoms with Gasteiger partial charge in [-0.05, 0) is 17.5 Å². The third-order valence-electron chi connectivity index (χ3n) is 2.89. The topological polar surface area (TPSA) is 56.7 Å². The summed E-state index contributed by atoms with van der Waals surface area (Å²) in [6.07, 6.45) is 1.65. The van der Waals surface area contributed by atoms with E-state index in [-0.39, 0.29) is 0 Å². The second-order valence-electron chi connectivity index (χ2n) is 5.04. The van der Waals surface area contributed by atoms with Gasteiger partial charge in [-0.1, -0.05) is 32.0 Å². The van der Waals surface area contributed by atoms with Crippen molar-refractivity contribution in [3.05, 3.63) is 41.5 Å². The lowest BCUT2D eigenvalue weighted by molar-refractivity contribution is 0.612. The third-order valence-corrected chi connectivity index (χ3v) is 2.89. The molecule has 2 aromatic rings. The minimum absolute atomic E-state index is 0.571. The number of hydrogen-bond acceptors (Lipinski definition) is 3. The van der Waals surface area contributed by atoms with E-state index < -0.39 is 0 Å². The maximum absolute atomic E-state index is 5.95. The number of nitrogens with zero attached hydrogens (tertiary/aromatic N) is 3. The van der Waals surface area contributed by atoms with Crippen LogP contribution in [0, 0.1) is 5.92 Å². The Kier molecular flexibility index (Phi) is 3.65. The van der Waals surface area contributed by atoms with Gasteiger partial charge < -0.3 is 5.73 Å². The monoisotopic (exact) mass is 244 g/mol. The summed E-state index contributed by atoms with van der Waals surface area (Å²) in [5.74, 6) is 2.45. The Balaban J connectivity index is 2.19. The molecular weight excluding hydrogens is 224 g/mol. The molecule has 4 heteroatoms. The van der Waals surface area contributed by atoms with E-state index in [0.29, 0.717) is 5.92 Å². The van der Waals surface area contributed by atoms with Crippen LogP contribution in [0.25, 0.3) is 0 Å². The first-order chi connectivity index (χ1) is 8.56. The maximum atomic E-state index is 5.95. The van der Waals surface area contributed by atoms with Gasteiger partial charge in [0.25, 0.3) is 0 Å². The number of anilines is 1. The number of nitrogens with two attached hydrogens (primary N) is 1. The fraction of sp³-hybridized carbons (Fsp3) is 0.429. The fourth-order valence-electron chi connectivity index (χ4n) is 1.95. The normalized spacial score (nSPS) is 11.1. The Morgan fingerprint density at radius 3 is 2.67 bits per heavy atom. The molecule has 0 saturated heterocycles. The van der Waals surface area contributed by atoms with Crippen molar-refractivity contribution in [2.75, 3.05) is 5.73 Å². The third kappa shape index (κ3) is 2.88. The second-order valence-corrected chi connectivity index (χ2v) is 5.04. The smallest absolute Gasteiger partial charge is 0.151 e. The van der Waals surface area contributed by atoms with Gasteiger partial charge in [0.2, 0.25) is 0 Å². The molecule has 0 aliphatic carbocycles. The molecular formula is C14H20N4. The highest BCUT2D eigenvalue weighted by atomic mass is 15.3. The molecule has 0 radical (unpaired) electrons. The Labute approximate surface area is 108 Å². The van der Waals surface area contributed by atoms with Crippen LogP contribution >= 0.6 is 0 Å². The van der Waals surface area contributed by atoms with Crippen molar-refractivity contribution in [3.63, 3.8) is 0 Å². The van der Waals surface area contributed by atoms with Crippen molar-refractivity contribution >= 4 is 5.69 Å². The summed E-state index contributed by atoms with van der Waals surface area (Å²) in [6, 6.07) is 7.89. The predicted molar refractivity (Wildman–Crippen MR) is 73.2 cm³/mol. The lowest BCUT2D eigenvalue weighted by Crippen LogP contribution is -2.02. The molecule has 18 heavy (non-hydrogen) atoms. The predicted octanol–water partition coefficient (Wildman–Crippen LogP) is 2.19. The van der Waals surface area contributed by atoms with E-state index in [1.807, 2.05) is 36.0 Å². The zero-order valence-electron chi connectivity index (χ0n) is 11.2. The first-order valence-corrected chi connectivity index (χ1v) is 6.28. The van der Waals surface area contributed by atoms with Gasteiger partial charge in [-0.2, -0.15) is 5.10 Å². The highest BCUT2D eigenvalue weighted by Gasteiger charge is 2.10. The van der Waals surface area contributed by atoms with Crippen molar-refractivity contribution in [1.29, 1.82) is 0 Å². The summed E-state index contributed by atoms with van der Waals surface area (Å²) in [5.41, 5.74) is 7.86. The molecule has 0 saturated carbocycles. The Bertz CT molecular complexity index is 528. The minimum Gasteiger partial charge on any atom is -0.398 e. The average molecular weight is 244 g/mol. The zero-order valence-corrected chi connectivity index (χ0v) is 11.2. The highest BCUT2D eigenvalue weighted by molar-refractivity contribution is 5.47. The Morgan fingerprint density at radius 1 is 1.28 bits per heavy atom.